The molecular weight excluding hydrogens is 322 g/mol. The van der Waals surface area contributed by atoms with E-state index in [-0.39, 0.29) is 19.6 Å². The molecule has 7 nitrogen and oxygen atoms in total. The van der Waals surface area contributed by atoms with Crippen LogP contribution in [0, 0.1) is 6.92 Å². The number of rotatable bonds is 7. The van der Waals surface area contributed by atoms with Crippen LogP contribution in [0.1, 0.15) is 29.3 Å². The number of nitrogen functional groups attached to an aromatic ring is 1. The van der Waals surface area contributed by atoms with Crippen molar-refractivity contribution in [3.05, 3.63) is 59.4 Å². The molecule has 25 heavy (non-hydrogen) atoms. The molecule has 0 fully saturated rings. The van der Waals surface area contributed by atoms with Gasteiger partial charge in [0.05, 0.1) is 23.7 Å². The smallest absolute Gasteiger partial charge is 0.407 e. The van der Waals surface area contributed by atoms with Crippen molar-refractivity contribution < 1.29 is 19.7 Å². The predicted molar refractivity (Wildman–Crippen MR) is 93.6 cm³/mol. The highest BCUT2D eigenvalue weighted by Gasteiger charge is 2.20. The molecule has 2 atom stereocenters. The molecule has 0 spiro atoms. The van der Waals surface area contributed by atoms with E-state index in [9.17, 15) is 15.0 Å². The number of pyridine rings is 1. The summed E-state index contributed by atoms with van der Waals surface area (Å²) in [6.07, 6.45) is -1.19. The summed E-state index contributed by atoms with van der Waals surface area (Å²) in [6.45, 7) is 2.14. The number of alkyl carbamates (subject to hydrolysis) is 1. The molecule has 0 saturated carbocycles. The normalized spacial score (nSPS) is 13.1. The molecule has 7 heteroatoms. The molecule has 0 saturated heterocycles. The number of benzene rings is 1. The molecule has 2 rings (SSSR count). The summed E-state index contributed by atoms with van der Waals surface area (Å²) in [5, 5.41) is 22.7. The first-order valence-corrected chi connectivity index (χ1v) is 8.00. The lowest BCUT2D eigenvalue weighted by Gasteiger charge is -2.18. The first-order valence-electron chi connectivity index (χ1n) is 8.00. The number of nitrogens with zero attached hydrogens (tertiary/aromatic N) is 1. The summed E-state index contributed by atoms with van der Waals surface area (Å²) in [6, 6.07) is 10.9. The second kappa shape index (κ2) is 9.00. The highest BCUT2D eigenvalue weighted by Crippen LogP contribution is 2.20. The fourth-order valence-electron chi connectivity index (χ4n) is 2.20. The SMILES string of the molecule is Cc1cc(C(O)C(O)CCNC(=O)OCc2ccccc2)ncc1N. The van der Waals surface area contributed by atoms with Crippen LogP contribution in [-0.4, -0.2) is 33.9 Å². The Hall–Kier alpha value is -2.64. The van der Waals surface area contributed by atoms with Gasteiger partial charge < -0.3 is 26.0 Å². The zero-order chi connectivity index (χ0) is 18.2. The largest absolute Gasteiger partial charge is 0.445 e. The number of nitrogens with one attached hydrogen (secondary N) is 1. The Morgan fingerprint density at radius 3 is 2.72 bits per heavy atom. The zero-order valence-corrected chi connectivity index (χ0v) is 14.1. The van der Waals surface area contributed by atoms with E-state index in [1.165, 1.54) is 6.20 Å². The van der Waals surface area contributed by atoms with Crippen LogP contribution < -0.4 is 11.1 Å². The Morgan fingerprint density at radius 2 is 2.04 bits per heavy atom. The number of anilines is 1. The van der Waals surface area contributed by atoms with Crippen LogP contribution in [0.5, 0.6) is 0 Å². The van der Waals surface area contributed by atoms with E-state index in [4.69, 9.17) is 10.5 Å². The highest BCUT2D eigenvalue weighted by atomic mass is 16.5. The minimum absolute atomic E-state index is 0.159. The lowest BCUT2D eigenvalue weighted by Crippen LogP contribution is -2.30. The molecule has 2 unspecified atom stereocenters. The molecule has 5 N–H and O–H groups in total. The van der Waals surface area contributed by atoms with Crippen molar-refractivity contribution in [2.24, 2.45) is 0 Å². The van der Waals surface area contributed by atoms with E-state index >= 15 is 0 Å². The van der Waals surface area contributed by atoms with Crippen LogP contribution in [0.4, 0.5) is 10.5 Å². The zero-order valence-electron chi connectivity index (χ0n) is 14.1. The van der Waals surface area contributed by atoms with E-state index in [1.807, 2.05) is 30.3 Å². The number of nitrogens with two attached hydrogens (primary N) is 1. The third-order valence-electron chi connectivity index (χ3n) is 3.76. The van der Waals surface area contributed by atoms with Crippen molar-refractivity contribution in [1.82, 2.24) is 10.3 Å². The number of hydrogen-bond donors (Lipinski definition) is 4. The minimum Gasteiger partial charge on any atom is -0.445 e. The van der Waals surface area contributed by atoms with Crippen molar-refractivity contribution in [3.8, 4) is 0 Å². The fraction of sp³-hybridized carbons (Fsp3) is 0.333. The Morgan fingerprint density at radius 1 is 1.32 bits per heavy atom. The fourth-order valence-corrected chi connectivity index (χ4v) is 2.20. The number of carbonyl (C=O) groups excluding carboxylic acids is 1. The summed E-state index contributed by atoms with van der Waals surface area (Å²) in [7, 11) is 0. The molecule has 0 radical (unpaired) electrons. The molecule has 0 aliphatic rings. The Kier molecular flexibility index (Phi) is 6.73. The number of hydrogen-bond acceptors (Lipinski definition) is 6. The number of aryl methyl sites for hydroxylation is 1. The first kappa shape index (κ1) is 18.7. The van der Waals surface area contributed by atoms with Crippen LogP contribution in [0.15, 0.2) is 42.6 Å². The van der Waals surface area contributed by atoms with Crippen LogP contribution in [0.2, 0.25) is 0 Å². The van der Waals surface area contributed by atoms with Crippen molar-refractivity contribution in [3.63, 3.8) is 0 Å². The predicted octanol–water partition coefficient (Wildman–Crippen LogP) is 1.68. The molecule has 0 bridgehead atoms. The second-order valence-electron chi connectivity index (χ2n) is 5.76. The lowest BCUT2D eigenvalue weighted by atomic mass is 10.1. The van der Waals surface area contributed by atoms with E-state index < -0.39 is 18.3 Å². The summed E-state index contributed by atoms with van der Waals surface area (Å²) >= 11 is 0. The van der Waals surface area contributed by atoms with Gasteiger partial charge in [-0.3, -0.25) is 4.98 Å². The van der Waals surface area contributed by atoms with Gasteiger partial charge in [0.25, 0.3) is 0 Å². The number of ether oxygens (including phenoxy) is 1. The Labute approximate surface area is 146 Å². The van der Waals surface area contributed by atoms with Gasteiger partial charge in [0.2, 0.25) is 0 Å². The van der Waals surface area contributed by atoms with Gasteiger partial charge >= 0.3 is 6.09 Å². The molecule has 0 aliphatic heterocycles. The van der Waals surface area contributed by atoms with Gasteiger partial charge in [-0.25, -0.2) is 4.79 Å². The number of aromatic nitrogens is 1. The molecule has 0 aliphatic carbocycles. The first-order chi connectivity index (χ1) is 12.0. The molecule has 1 aromatic carbocycles. The van der Waals surface area contributed by atoms with Gasteiger partial charge in [-0.1, -0.05) is 30.3 Å². The Bertz CT molecular complexity index is 694. The van der Waals surface area contributed by atoms with E-state index in [0.29, 0.717) is 11.4 Å². The second-order valence-corrected chi connectivity index (χ2v) is 5.76. The van der Waals surface area contributed by atoms with Crippen molar-refractivity contribution in [2.75, 3.05) is 12.3 Å². The van der Waals surface area contributed by atoms with Crippen LogP contribution in [0.25, 0.3) is 0 Å². The summed E-state index contributed by atoms with van der Waals surface area (Å²) in [5.74, 6) is 0. The van der Waals surface area contributed by atoms with Gasteiger partial charge in [-0.05, 0) is 30.5 Å². The quantitative estimate of drug-likeness (QED) is 0.606. The number of carbonyl (C=O) groups is 1. The third kappa shape index (κ3) is 5.74. The average molecular weight is 345 g/mol. The standard InChI is InChI=1S/C18H23N3O4/c1-12-9-15(21-10-14(12)19)17(23)16(22)7-8-20-18(24)25-11-13-5-3-2-4-6-13/h2-6,9-10,16-17,22-23H,7-8,11,19H2,1H3,(H,20,24). The van der Waals surface area contributed by atoms with Crippen molar-refractivity contribution >= 4 is 11.8 Å². The summed E-state index contributed by atoms with van der Waals surface area (Å²) in [5.41, 5.74) is 8.20. The Balaban J connectivity index is 1.72. The monoisotopic (exact) mass is 345 g/mol. The number of aliphatic hydroxyl groups is 2. The summed E-state index contributed by atoms with van der Waals surface area (Å²) in [4.78, 5) is 15.6. The van der Waals surface area contributed by atoms with Crippen molar-refractivity contribution in [2.45, 2.75) is 32.2 Å². The molecule has 1 heterocycles. The maximum Gasteiger partial charge on any atom is 0.407 e. The molecule has 1 amide bonds. The molecular formula is C18H23N3O4. The maximum absolute atomic E-state index is 11.6. The highest BCUT2D eigenvalue weighted by molar-refractivity contribution is 5.67. The van der Waals surface area contributed by atoms with Gasteiger partial charge in [-0.15, -0.1) is 0 Å². The molecule has 1 aromatic heterocycles. The minimum atomic E-state index is -1.15. The van der Waals surface area contributed by atoms with Crippen LogP contribution in [-0.2, 0) is 11.3 Å². The topological polar surface area (TPSA) is 118 Å². The van der Waals surface area contributed by atoms with Gasteiger partial charge in [0.15, 0.2) is 0 Å². The van der Waals surface area contributed by atoms with E-state index in [1.54, 1.807) is 13.0 Å². The van der Waals surface area contributed by atoms with Gasteiger partial charge in [0.1, 0.15) is 12.7 Å². The molecule has 134 valence electrons. The van der Waals surface area contributed by atoms with Gasteiger partial charge in [0, 0.05) is 6.54 Å². The number of aliphatic hydroxyl groups excluding tert-OH is 2. The summed E-state index contributed by atoms with van der Waals surface area (Å²) < 4.78 is 5.06. The van der Waals surface area contributed by atoms with Gasteiger partial charge in [-0.2, -0.15) is 0 Å². The number of amides is 1. The lowest BCUT2D eigenvalue weighted by molar-refractivity contribution is 0.0111. The average Bonchev–Trinajstić information content (AvgIpc) is 2.62. The van der Waals surface area contributed by atoms with E-state index in [2.05, 4.69) is 10.3 Å². The van der Waals surface area contributed by atoms with Crippen LogP contribution >= 0.6 is 0 Å². The van der Waals surface area contributed by atoms with Crippen molar-refractivity contribution in [1.29, 1.82) is 0 Å². The van der Waals surface area contributed by atoms with E-state index in [0.717, 1.165) is 11.1 Å². The van der Waals surface area contributed by atoms with Crippen LogP contribution in [0.3, 0.4) is 0 Å². The maximum atomic E-state index is 11.6. The third-order valence-corrected chi connectivity index (χ3v) is 3.76. The molecule has 2 aromatic rings.